The molecule has 0 unspecified atom stereocenters. The van der Waals surface area contributed by atoms with Crippen LogP contribution >= 0.6 is 11.6 Å². The lowest BCUT2D eigenvalue weighted by Crippen LogP contribution is -1.96. The average Bonchev–Trinajstić information content (AvgIpc) is 2.42. The molecule has 0 amide bonds. The fourth-order valence-corrected chi connectivity index (χ4v) is 1.93. The molecule has 0 aliphatic rings. The van der Waals surface area contributed by atoms with Crippen LogP contribution in [0.1, 0.15) is 18.6 Å². The molecule has 1 N–H and O–H groups in total. The van der Waals surface area contributed by atoms with Crippen LogP contribution in [0.4, 0.5) is 10.1 Å². The van der Waals surface area contributed by atoms with Crippen LogP contribution in [0.5, 0.6) is 11.5 Å². The van der Waals surface area contributed by atoms with Crippen molar-refractivity contribution in [3.63, 3.8) is 0 Å². The average molecular weight is 312 g/mol. The smallest absolute Gasteiger partial charge is 0.314 e. The first-order valence-corrected chi connectivity index (χ1v) is 6.35. The largest absolute Gasteiger partial charge is 0.449 e. The van der Waals surface area contributed by atoms with E-state index in [0.717, 1.165) is 18.2 Å². The van der Waals surface area contributed by atoms with Gasteiger partial charge in [0.05, 0.1) is 22.1 Å². The Labute approximate surface area is 124 Å². The van der Waals surface area contributed by atoms with E-state index in [1.165, 1.54) is 12.1 Å². The minimum atomic E-state index is -0.740. The summed E-state index contributed by atoms with van der Waals surface area (Å²) < 4.78 is 18.4. The molecule has 0 radical (unpaired) electrons. The van der Waals surface area contributed by atoms with Crippen molar-refractivity contribution < 1.29 is 19.2 Å². The summed E-state index contributed by atoms with van der Waals surface area (Å²) in [6.07, 6.45) is -0.697. The van der Waals surface area contributed by atoms with Crippen LogP contribution < -0.4 is 4.74 Å². The first-order chi connectivity index (χ1) is 9.88. The van der Waals surface area contributed by atoms with Crippen LogP contribution in [0, 0.1) is 15.9 Å². The second-order valence-corrected chi connectivity index (χ2v) is 4.74. The summed E-state index contributed by atoms with van der Waals surface area (Å²) in [5.41, 5.74) is 0.0895. The summed E-state index contributed by atoms with van der Waals surface area (Å²) in [5.74, 6) is -0.673. The molecule has 5 nitrogen and oxygen atoms in total. The number of halogens is 2. The van der Waals surface area contributed by atoms with E-state index >= 15 is 0 Å². The molecule has 0 saturated carbocycles. The zero-order valence-corrected chi connectivity index (χ0v) is 11.7. The van der Waals surface area contributed by atoms with Crippen molar-refractivity contribution in [2.24, 2.45) is 0 Å². The highest BCUT2D eigenvalue weighted by Crippen LogP contribution is 2.36. The molecule has 2 aromatic carbocycles. The summed E-state index contributed by atoms with van der Waals surface area (Å²) in [4.78, 5) is 10.1. The molecule has 0 heterocycles. The fraction of sp³-hybridized carbons (Fsp3) is 0.143. The predicted octanol–water partition coefficient (Wildman–Crippen LogP) is 4.23. The van der Waals surface area contributed by atoms with Crippen LogP contribution in [0.15, 0.2) is 36.4 Å². The molecule has 0 aromatic heterocycles. The molecular formula is C14H11ClFNO4. The molecule has 0 fully saturated rings. The van der Waals surface area contributed by atoms with Crippen LogP contribution in [0.2, 0.25) is 5.02 Å². The number of nitro benzene ring substituents is 1. The van der Waals surface area contributed by atoms with Crippen molar-refractivity contribution in [3.05, 3.63) is 62.9 Å². The van der Waals surface area contributed by atoms with Crippen molar-refractivity contribution in [2.45, 2.75) is 13.0 Å². The number of nitrogens with zero attached hydrogens (tertiary/aromatic N) is 1. The van der Waals surface area contributed by atoms with Crippen molar-refractivity contribution in [1.29, 1.82) is 0 Å². The highest BCUT2D eigenvalue weighted by atomic mass is 35.5. The van der Waals surface area contributed by atoms with Crippen LogP contribution in [-0.4, -0.2) is 10.0 Å². The molecule has 2 aromatic rings. The number of nitro groups is 1. The van der Waals surface area contributed by atoms with Gasteiger partial charge in [0.2, 0.25) is 5.75 Å². The topological polar surface area (TPSA) is 72.6 Å². The lowest BCUT2D eigenvalue weighted by molar-refractivity contribution is -0.385. The van der Waals surface area contributed by atoms with E-state index < -0.39 is 22.5 Å². The normalized spacial score (nSPS) is 12.0. The van der Waals surface area contributed by atoms with Gasteiger partial charge in [-0.05, 0) is 36.8 Å². The van der Waals surface area contributed by atoms with Crippen LogP contribution in [0.3, 0.4) is 0 Å². The van der Waals surface area contributed by atoms with Crippen molar-refractivity contribution >= 4 is 17.3 Å². The number of hydrogen-bond acceptors (Lipinski definition) is 4. The van der Waals surface area contributed by atoms with E-state index in [2.05, 4.69) is 0 Å². The van der Waals surface area contributed by atoms with E-state index in [1.54, 1.807) is 13.0 Å². The summed E-state index contributed by atoms with van der Waals surface area (Å²) in [6.45, 7) is 1.58. The third kappa shape index (κ3) is 3.48. The Morgan fingerprint density at radius 3 is 2.52 bits per heavy atom. The van der Waals surface area contributed by atoms with E-state index in [1.807, 2.05) is 0 Å². The summed E-state index contributed by atoms with van der Waals surface area (Å²) in [6, 6.07) is 7.55. The second kappa shape index (κ2) is 6.07. The number of aliphatic hydroxyl groups excluding tert-OH is 1. The van der Waals surface area contributed by atoms with Gasteiger partial charge in [0.15, 0.2) is 0 Å². The molecule has 0 aliphatic carbocycles. The number of hydrogen-bond donors (Lipinski definition) is 1. The molecule has 2 rings (SSSR count). The highest BCUT2D eigenvalue weighted by molar-refractivity contribution is 6.32. The summed E-state index contributed by atoms with van der Waals surface area (Å²) in [7, 11) is 0. The zero-order chi connectivity index (χ0) is 15.6. The predicted molar refractivity (Wildman–Crippen MR) is 75.2 cm³/mol. The van der Waals surface area contributed by atoms with E-state index in [-0.39, 0.29) is 16.5 Å². The Morgan fingerprint density at radius 2 is 1.95 bits per heavy atom. The van der Waals surface area contributed by atoms with Crippen LogP contribution in [0.25, 0.3) is 0 Å². The third-order valence-corrected chi connectivity index (χ3v) is 3.07. The number of rotatable bonds is 4. The Hall–Kier alpha value is -2.18. The van der Waals surface area contributed by atoms with Gasteiger partial charge in [-0.15, -0.1) is 0 Å². The SMILES string of the molecule is C[C@@H](O)c1ccc(Oc2ccc(F)cc2[N+](=O)[O-])c(Cl)c1. The van der Waals surface area contributed by atoms with Gasteiger partial charge in [-0.2, -0.15) is 0 Å². The molecule has 110 valence electrons. The lowest BCUT2D eigenvalue weighted by Gasteiger charge is -2.10. The Morgan fingerprint density at radius 1 is 1.29 bits per heavy atom. The number of ether oxygens (including phenoxy) is 1. The molecule has 7 heteroatoms. The van der Waals surface area contributed by atoms with Crippen molar-refractivity contribution in [1.82, 2.24) is 0 Å². The van der Waals surface area contributed by atoms with E-state index in [9.17, 15) is 19.6 Å². The van der Waals surface area contributed by atoms with Gasteiger partial charge in [0, 0.05) is 0 Å². The Bertz CT molecular complexity index is 691. The molecule has 21 heavy (non-hydrogen) atoms. The number of aliphatic hydroxyl groups is 1. The monoisotopic (exact) mass is 311 g/mol. The third-order valence-electron chi connectivity index (χ3n) is 2.78. The van der Waals surface area contributed by atoms with Gasteiger partial charge in [-0.3, -0.25) is 10.1 Å². The molecule has 0 aliphatic heterocycles. The maximum Gasteiger partial charge on any atom is 0.314 e. The van der Waals surface area contributed by atoms with E-state index in [4.69, 9.17) is 16.3 Å². The molecule has 0 saturated heterocycles. The standard InChI is InChI=1S/C14H11ClFNO4/c1-8(18)9-2-4-13(11(15)6-9)21-14-5-3-10(16)7-12(14)17(19)20/h2-8,18H,1H3/t8-/m1/s1. The van der Waals surface area contributed by atoms with Gasteiger partial charge >= 0.3 is 5.69 Å². The number of benzene rings is 2. The fourth-order valence-electron chi connectivity index (χ4n) is 1.70. The van der Waals surface area contributed by atoms with Crippen molar-refractivity contribution in [3.8, 4) is 11.5 Å². The quantitative estimate of drug-likeness (QED) is 0.677. The highest BCUT2D eigenvalue weighted by Gasteiger charge is 2.18. The first kappa shape index (κ1) is 15.2. The van der Waals surface area contributed by atoms with Gasteiger partial charge in [0.25, 0.3) is 0 Å². The zero-order valence-electron chi connectivity index (χ0n) is 10.9. The minimum Gasteiger partial charge on any atom is -0.449 e. The second-order valence-electron chi connectivity index (χ2n) is 4.34. The molecule has 0 spiro atoms. The molecular weight excluding hydrogens is 301 g/mol. The minimum absolute atomic E-state index is 0.118. The van der Waals surface area contributed by atoms with Gasteiger partial charge in [-0.1, -0.05) is 17.7 Å². The Kier molecular flexibility index (Phi) is 4.40. The maximum absolute atomic E-state index is 13.1. The van der Waals surface area contributed by atoms with Gasteiger partial charge < -0.3 is 9.84 Å². The lowest BCUT2D eigenvalue weighted by atomic mass is 10.1. The maximum atomic E-state index is 13.1. The molecule has 0 bridgehead atoms. The van der Waals surface area contributed by atoms with Crippen molar-refractivity contribution in [2.75, 3.05) is 0 Å². The molecule has 1 atom stereocenters. The Balaban J connectivity index is 2.37. The van der Waals surface area contributed by atoms with E-state index in [0.29, 0.717) is 5.56 Å². The van der Waals surface area contributed by atoms with Crippen LogP contribution in [-0.2, 0) is 0 Å². The summed E-state index contributed by atoms with van der Waals surface area (Å²) >= 11 is 6.01. The summed E-state index contributed by atoms with van der Waals surface area (Å²) in [5, 5.41) is 20.5. The first-order valence-electron chi connectivity index (χ1n) is 5.98. The van der Waals surface area contributed by atoms with Gasteiger partial charge in [0.1, 0.15) is 11.6 Å². The van der Waals surface area contributed by atoms with Gasteiger partial charge in [-0.25, -0.2) is 4.39 Å².